The lowest BCUT2D eigenvalue weighted by molar-refractivity contribution is 0.0948. The van der Waals surface area contributed by atoms with Crippen molar-refractivity contribution in [2.24, 2.45) is 0 Å². The number of piperazine rings is 1. The molecule has 1 aliphatic rings. The second kappa shape index (κ2) is 8.71. The summed E-state index contributed by atoms with van der Waals surface area (Å²) >= 11 is 11.8. The van der Waals surface area contributed by atoms with Crippen LogP contribution in [-0.2, 0) is 0 Å². The van der Waals surface area contributed by atoms with Crippen LogP contribution in [0.4, 0.5) is 10.1 Å². The van der Waals surface area contributed by atoms with Crippen molar-refractivity contribution in [1.29, 1.82) is 0 Å². The second-order valence-corrected chi connectivity index (χ2v) is 7.09. The highest BCUT2D eigenvalue weighted by atomic mass is 35.5. The summed E-state index contributed by atoms with van der Waals surface area (Å²) in [5.74, 6) is -0.400. The molecule has 0 aliphatic carbocycles. The summed E-state index contributed by atoms with van der Waals surface area (Å²) in [6.45, 7) is 4.89. The third kappa shape index (κ3) is 5.10. The van der Waals surface area contributed by atoms with E-state index in [1.54, 1.807) is 30.3 Å². The summed E-state index contributed by atoms with van der Waals surface area (Å²) in [5, 5.41) is 3.78. The molecule has 1 aliphatic heterocycles. The molecular weight excluding hydrogens is 376 g/mol. The molecule has 3 rings (SSSR count). The van der Waals surface area contributed by atoms with Crippen molar-refractivity contribution in [3.63, 3.8) is 0 Å². The highest BCUT2D eigenvalue weighted by Gasteiger charge is 2.17. The Bertz CT molecular complexity index is 742. The van der Waals surface area contributed by atoms with Crippen LogP contribution in [0.15, 0.2) is 42.5 Å². The lowest BCUT2D eigenvalue weighted by Crippen LogP contribution is -2.48. The van der Waals surface area contributed by atoms with Gasteiger partial charge >= 0.3 is 0 Å². The van der Waals surface area contributed by atoms with E-state index in [1.165, 1.54) is 12.1 Å². The first-order chi connectivity index (χ1) is 12.5. The van der Waals surface area contributed by atoms with E-state index < -0.39 is 0 Å². The molecule has 2 aromatic carbocycles. The molecule has 138 valence electrons. The van der Waals surface area contributed by atoms with Crippen molar-refractivity contribution in [1.82, 2.24) is 10.2 Å². The predicted octanol–water partition coefficient (Wildman–Crippen LogP) is 3.68. The van der Waals surface area contributed by atoms with Gasteiger partial charge in [0.2, 0.25) is 0 Å². The van der Waals surface area contributed by atoms with Gasteiger partial charge in [0.05, 0.1) is 0 Å². The van der Waals surface area contributed by atoms with Crippen LogP contribution in [0.3, 0.4) is 0 Å². The molecule has 0 aromatic heterocycles. The van der Waals surface area contributed by atoms with Gasteiger partial charge in [-0.15, -0.1) is 0 Å². The summed E-state index contributed by atoms with van der Waals surface area (Å²) in [7, 11) is 0. The lowest BCUT2D eigenvalue weighted by Gasteiger charge is -2.36. The maximum atomic E-state index is 13.0. The van der Waals surface area contributed by atoms with E-state index in [0.29, 0.717) is 22.2 Å². The zero-order valence-electron chi connectivity index (χ0n) is 14.2. The molecular formula is C19H20Cl2FN3O. The number of halogens is 3. The number of amides is 1. The van der Waals surface area contributed by atoms with E-state index >= 15 is 0 Å². The molecule has 4 nitrogen and oxygen atoms in total. The molecule has 0 unspecified atom stereocenters. The van der Waals surface area contributed by atoms with Crippen molar-refractivity contribution >= 4 is 34.8 Å². The van der Waals surface area contributed by atoms with Crippen LogP contribution in [0.5, 0.6) is 0 Å². The molecule has 7 heteroatoms. The van der Waals surface area contributed by atoms with Gasteiger partial charge < -0.3 is 10.2 Å². The van der Waals surface area contributed by atoms with E-state index in [9.17, 15) is 9.18 Å². The molecule has 0 saturated carbocycles. The molecule has 0 radical (unpaired) electrons. The van der Waals surface area contributed by atoms with Crippen LogP contribution in [0.1, 0.15) is 10.4 Å². The van der Waals surface area contributed by atoms with Crippen molar-refractivity contribution in [3.8, 4) is 0 Å². The Kier molecular flexibility index (Phi) is 6.35. The third-order valence-corrected chi connectivity index (χ3v) is 4.84. The first-order valence-corrected chi connectivity index (χ1v) is 9.24. The van der Waals surface area contributed by atoms with Gasteiger partial charge in [0.25, 0.3) is 5.91 Å². The van der Waals surface area contributed by atoms with Gasteiger partial charge in [0.1, 0.15) is 5.82 Å². The van der Waals surface area contributed by atoms with Crippen molar-refractivity contribution in [2.75, 3.05) is 44.2 Å². The zero-order chi connectivity index (χ0) is 18.5. The number of carbonyl (C=O) groups is 1. The molecule has 1 N–H and O–H groups in total. The van der Waals surface area contributed by atoms with E-state index in [0.717, 1.165) is 38.4 Å². The number of benzene rings is 2. The average molecular weight is 396 g/mol. The van der Waals surface area contributed by atoms with E-state index in [4.69, 9.17) is 23.2 Å². The largest absolute Gasteiger partial charge is 0.369 e. The Hall–Kier alpha value is -1.82. The molecule has 2 aromatic rings. The summed E-state index contributed by atoms with van der Waals surface area (Å²) in [6, 6.07) is 11.4. The second-order valence-electron chi connectivity index (χ2n) is 6.22. The maximum Gasteiger partial charge on any atom is 0.251 e. The van der Waals surface area contributed by atoms with Crippen LogP contribution in [0.25, 0.3) is 0 Å². The smallest absolute Gasteiger partial charge is 0.251 e. The normalized spacial score (nSPS) is 15.1. The molecule has 26 heavy (non-hydrogen) atoms. The molecule has 1 amide bonds. The van der Waals surface area contributed by atoms with Gasteiger partial charge in [0, 0.05) is 60.6 Å². The van der Waals surface area contributed by atoms with Crippen LogP contribution in [0.2, 0.25) is 10.0 Å². The fourth-order valence-corrected chi connectivity index (χ4v) is 3.52. The van der Waals surface area contributed by atoms with Gasteiger partial charge in [-0.25, -0.2) is 4.39 Å². The highest BCUT2D eigenvalue weighted by molar-refractivity contribution is 6.35. The Morgan fingerprint density at radius 2 is 1.62 bits per heavy atom. The van der Waals surface area contributed by atoms with Crippen molar-refractivity contribution in [2.45, 2.75) is 0 Å². The van der Waals surface area contributed by atoms with E-state index in [-0.39, 0.29) is 11.7 Å². The minimum atomic E-state index is -0.218. The topological polar surface area (TPSA) is 35.6 Å². The maximum absolute atomic E-state index is 13.0. The van der Waals surface area contributed by atoms with Crippen LogP contribution in [0, 0.1) is 5.82 Å². The minimum absolute atomic E-state index is 0.181. The summed E-state index contributed by atoms with van der Waals surface area (Å²) < 4.78 is 13.0. The van der Waals surface area contributed by atoms with Gasteiger partial charge in [-0.2, -0.15) is 0 Å². The first-order valence-electron chi connectivity index (χ1n) is 8.48. The highest BCUT2D eigenvalue weighted by Crippen LogP contribution is 2.19. The SMILES string of the molecule is O=C(NCCN1CCN(c2ccc(F)cc2)CC1)c1cc(Cl)cc(Cl)c1. The van der Waals surface area contributed by atoms with Crippen molar-refractivity contribution < 1.29 is 9.18 Å². The average Bonchev–Trinajstić information content (AvgIpc) is 2.62. The first kappa shape index (κ1) is 19.0. The predicted molar refractivity (Wildman–Crippen MR) is 104 cm³/mol. The number of hydrogen-bond donors (Lipinski definition) is 1. The Morgan fingerprint density at radius 3 is 2.23 bits per heavy atom. The number of nitrogens with zero attached hydrogens (tertiary/aromatic N) is 2. The summed E-state index contributed by atoms with van der Waals surface area (Å²) in [4.78, 5) is 16.7. The fourth-order valence-electron chi connectivity index (χ4n) is 3.00. The molecule has 1 saturated heterocycles. The van der Waals surface area contributed by atoms with Gasteiger partial charge in [-0.3, -0.25) is 9.69 Å². The quantitative estimate of drug-likeness (QED) is 0.838. The molecule has 1 heterocycles. The van der Waals surface area contributed by atoms with Gasteiger partial charge in [0.15, 0.2) is 0 Å². The standard InChI is InChI=1S/C19H20Cl2FN3O/c20-15-11-14(12-16(21)13-15)19(26)23-5-6-24-7-9-25(10-8-24)18-3-1-17(22)2-4-18/h1-4,11-13H,5-10H2,(H,23,26). The van der Waals surface area contributed by atoms with Crippen LogP contribution < -0.4 is 10.2 Å². The third-order valence-electron chi connectivity index (χ3n) is 4.40. The number of nitrogens with one attached hydrogen (secondary N) is 1. The number of hydrogen-bond acceptors (Lipinski definition) is 3. The summed E-state index contributed by atoms with van der Waals surface area (Å²) in [5.41, 5.74) is 1.50. The monoisotopic (exact) mass is 395 g/mol. The minimum Gasteiger partial charge on any atom is -0.369 e. The van der Waals surface area contributed by atoms with Crippen LogP contribution >= 0.6 is 23.2 Å². The van der Waals surface area contributed by atoms with Crippen LogP contribution in [-0.4, -0.2) is 50.1 Å². The molecule has 0 spiro atoms. The molecule has 0 bridgehead atoms. The fraction of sp³-hybridized carbons (Fsp3) is 0.316. The van der Waals surface area contributed by atoms with Gasteiger partial charge in [-0.05, 0) is 42.5 Å². The van der Waals surface area contributed by atoms with E-state index in [2.05, 4.69) is 15.1 Å². The van der Waals surface area contributed by atoms with Crippen molar-refractivity contribution in [3.05, 3.63) is 63.9 Å². The number of anilines is 1. The lowest BCUT2D eigenvalue weighted by atomic mass is 10.2. The number of carbonyl (C=O) groups excluding carboxylic acids is 1. The Balaban J connectivity index is 1.42. The number of rotatable bonds is 5. The van der Waals surface area contributed by atoms with Gasteiger partial charge in [-0.1, -0.05) is 23.2 Å². The van der Waals surface area contributed by atoms with E-state index in [1.807, 2.05) is 0 Å². The zero-order valence-corrected chi connectivity index (χ0v) is 15.7. The molecule has 0 atom stereocenters. The molecule has 1 fully saturated rings. The Labute approximate surface area is 162 Å². The summed E-state index contributed by atoms with van der Waals surface area (Å²) in [6.07, 6.45) is 0. The Morgan fingerprint density at radius 1 is 1.00 bits per heavy atom.